The summed E-state index contributed by atoms with van der Waals surface area (Å²) in [6.07, 6.45) is 0. The van der Waals surface area contributed by atoms with Crippen LogP contribution < -0.4 is 5.32 Å². The van der Waals surface area contributed by atoms with Crippen LogP contribution in [0.1, 0.15) is 16.1 Å². The zero-order valence-corrected chi connectivity index (χ0v) is 16.2. The van der Waals surface area contributed by atoms with Gasteiger partial charge in [0, 0.05) is 11.3 Å². The van der Waals surface area contributed by atoms with Crippen LogP contribution in [0.3, 0.4) is 0 Å². The number of hydrogen-bond donors (Lipinski definition) is 1. The molecule has 29 heavy (non-hydrogen) atoms. The molecule has 6 nitrogen and oxygen atoms in total. The topological polar surface area (TPSA) is 89.3 Å². The van der Waals surface area contributed by atoms with Gasteiger partial charge in [-0.05, 0) is 43.3 Å². The van der Waals surface area contributed by atoms with Crippen molar-refractivity contribution in [3.8, 4) is 11.3 Å². The number of benzene rings is 2. The van der Waals surface area contributed by atoms with E-state index >= 15 is 0 Å². The highest BCUT2D eigenvalue weighted by molar-refractivity contribution is 7.92. The van der Waals surface area contributed by atoms with Crippen molar-refractivity contribution in [3.05, 3.63) is 64.8 Å². The van der Waals surface area contributed by atoms with E-state index in [2.05, 4.69) is 10.5 Å². The lowest BCUT2D eigenvalue weighted by molar-refractivity contribution is -0.0436. The van der Waals surface area contributed by atoms with Crippen LogP contribution in [0.25, 0.3) is 11.3 Å². The quantitative estimate of drug-likeness (QED) is 0.621. The van der Waals surface area contributed by atoms with Crippen molar-refractivity contribution in [3.63, 3.8) is 0 Å². The van der Waals surface area contributed by atoms with E-state index in [-0.39, 0.29) is 22.7 Å². The van der Waals surface area contributed by atoms with E-state index in [1.54, 1.807) is 24.3 Å². The minimum atomic E-state index is -5.47. The van der Waals surface area contributed by atoms with Crippen molar-refractivity contribution in [2.75, 3.05) is 5.32 Å². The number of amides is 1. The molecule has 2 aromatic carbocycles. The van der Waals surface area contributed by atoms with Crippen molar-refractivity contribution in [1.82, 2.24) is 5.16 Å². The SMILES string of the molecule is Cc1noc(-c2ccccc2Cl)c1C(=O)Nc1ccc(S(=O)(=O)C(F)(F)F)cc1. The number of carbonyl (C=O) groups excluding carboxylic acids is 1. The fraction of sp³-hybridized carbons (Fsp3) is 0.111. The lowest BCUT2D eigenvalue weighted by Crippen LogP contribution is -2.23. The Morgan fingerprint density at radius 3 is 2.31 bits per heavy atom. The molecule has 1 heterocycles. The Labute approximate surface area is 168 Å². The fourth-order valence-corrected chi connectivity index (χ4v) is 3.49. The van der Waals surface area contributed by atoms with Crippen LogP contribution in [0.15, 0.2) is 57.9 Å². The summed E-state index contributed by atoms with van der Waals surface area (Å²) in [5, 5.41) is 6.58. The van der Waals surface area contributed by atoms with E-state index in [1.165, 1.54) is 6.92 Å². The average molecular weight is 445 g/mol. The van der Waals surface area contributed by atoms with Crippen molar-refractivity contribution in [2.24, 2.45) is 0 Å². The van der Waals surface area contributed by atoms with Crippen molar-refractivity contribution in [1.29, 1.82) is 0 Å². The Hall–Kier alpha value is -2.85. The van der Waals surface area contributed by atoms with Crippen LogP contribution in [-0.4, -0.2) is 25.0 Å². The summed E-state index contributed by atoms with van der Waals surface area (Å²) < 4.78 is 65.9. The van der Waals surface area contributed by atoms with Crippen LogP contribution in [-0.2, 0) is 9.84 Å². The Morgan fingerprint density at radius 2 is 1.72 bits per heavy atom. The van der Waals surface area contributed by atoms with Gasteiger partial charge in [-0.1, -0.05) is 28.9 Å². The van der Waals surface area contributed by atoms with Crippen LogP contribution in [0.2, 0.25) is 5.02 Å². The number of hydrogen-bond acceptors (Lipinski definition) is 5. The summed E-state index contributed by atoms with van der Waals surface area (Å²) in [6, 6.07) is 10.3. The maximum atomic E-state index is 12.7. The molecule has 0 aliphatic heterocycles. The van der Waals surface area contributed by atoms with Crippen LogP contribution in [0.4, 0.5) is 18.9 Å². The molecule has 0 fully saturated rings. The lowest BCUT2D eigenvalue weighted by atomic mass is 10.1. The van der Waals surface area contributed by atoms with Gasteiger partial charge in [0.15, 0.2) is 5.76 Å². The van der Waals surface area contributed by atoms with Gasteiger partial charge in [-0.25, -0.2) is 8.42 Å². The first kappa shape index (κ1) is 20.9. The third kappa shape index (κ3) is 3.99. The van der Waals surface area contributed by atoms with E-state index in [4.69, 9.17) is 16.1 Å². The van der Waals surface area contributed by atoms with E-state index in [0.29, 0.717) is 10.6 Å². The number of carbonyl (C=O) groups is 1. The molecule has 0 unspecified atom stereocenters. The number of sulfone groups is 1. The largest absolute Gasteiger partial charge is 0.501 e. The highest BCUT2D eigenvalue weighted by Crippen LogP contribution is 2.33. The predicted molar refractivity (Wildman–Crippen MR) is 99.3 cm³/mol. The van der Waals surface area contributed by atoms with Crippen molar-refractivity contribution < 1.29 is 30.9 Å². The second kappa shape index (κ2) is 7.53. The number of rotatable bonds is 4. The first-order chi connectivity index (χ1) is 13.5. The number of anilines is 1. The Balaban J connectivity index is 1.89. The predicted octanol–water partition coefficient (Wildman–Crippen LogP) is 4.85. The Morgan fingerprint density at radius 1 is 1.10 bits per heavy atom. The minimum absolute atomic E-state index is 0.0850. The highest BCUT2D eigenvalue weighted by Gasteiger charge is 2.46. The fourth-order valence-electron chi connectivity index (χ4n) is 2.51. The zero-order chi connectivity index (χ0) is 21.4. The summed E-state index contributed by atoms with van der Waals surface area (Å²) >= 11 is 6.13. The summed E-state index contributed by atoms with van der Waals surface area (Å²) in [7, 11) is -5.47. The standard InChI is InChI=1S/C18H12ClF3N2O4S/c1-10-15(16(28-24-10)13-4-2-3-5-14(13)19)17(25)23-11-6-8-12(9-7-11)29(26,27)18(20,21)22/h2-9H,1H3,(H,23,25). The van der Waals surface area contributed by atoms with Crippen LogP contribution in [0.5, 0.6) is 0 Å². The molecule has 0 spiro atoms. The van der Waals surface area contributed by atoms with Gasteiger partial charge >= 0.3 is 5.51 Å². The Bertz CT molecular complexity index is 1170. The lowest BCUT2D eigenvalue weighted by Gasteiger charge is -2.10. The normalized spacial score (nSPS) is 12.0. The molecule has 1 amide bonds. The number of aryl methyl sites for hydroxylation is 1. The van der Waals surface area contributed by atoms with Gasteiger partial charge in [-0.15, -0.1) is 0 Å². The molecule has 0 radical (unpaired) electrons. The van der Waals surface area contributed by atoms with Gasteiger partial charge in [0.2, 0.25) is 0 Å². The number of nitrogens with one attached hydrogen (secondary N) is 1. The van der Waals surface area contributed by atoms with Gasteiger partial charge in [0.05, 0.1) is 15.6 Å². The third-order valence-corrected chi connectivity index (χ3v) is 5.77. The van der Waals surface area contributed by atoms with Crippen LogP contribution in [0, 0.1) is 6.92 Å². The van der Waals surface area contributed by atoms with Gasteiger partial charge in [-0.3, -0.25) is 4.79 Å². The van der Waals surface area contributed by atoms with Crippen molar-refractivity contribution in [2.45, 2.75) is 17.3 Å². The number of nitrogens with zero attached hydrogens (tertiary/aromatic N) is 1. The molecule has 0 atom stereocenters. The van der Waals surface area contributed by atoms with Gasteiger partial charge in [0.1, 0.15) is 5.56 Å². The molecule has 152 valence electrons. The molecule has 0 bridgehead atoms. The minimum Gasteiger partial charge on any atom is -0.355 e. The first-order valence-electron chi connectivity index (χ1n) is 7.96. The van der Waals surface area contributed by atoms with Gasteiger partial charge < -0.3 is 9.84 Å². The van der Waals surface area contributed by atoms with Gasteiger partial charge in [-0.2, -0.15) is 13.2 Å². The molecule has 3 rings (SSSR count). The summed E-state index contributed by atoms with van der Waals surface area (Å²) in [6.45, 7) is 1.54. The maximum Gasteiger partial charge on any atom is 0.501 e. The van der Waals surface area contributed by atoms with E-state index in [0.717, 1.165) is 24.3 Å². The molecule has 0 saturated carbocycles. The Kier molecular flexibility index (Phi) is 5.42. The average Bonchev–Trinajstić information content (AvgIpc) is 3.03. The smallest absolute Gasteiger partial charge is 0.355 e. The second-order valence-electron chi connectivity index (χ2n) is 5.88. The maximum absolute atomic E-state index is 12.7. The molecular formula is C18H12ClF3N2O4S. The molecule has 1 N–H and O–H groups in total. The summed E-state index contributed by atoms with van der Waals surface area (Å²) in [5.74, 6) is -0.521. The second-order valence-corrected chi connectivity index (χ2v) is 8.23. The van der Waals surface area contributed by atoms with E-state index in [1.807, 2.05) is 0 Å². The molecular weight excluding hydrogens is 433 g/mol. The van der Waals surface area contributed by atoms with E-state index in [9.17, 15) is 26.4 Å². The molecule has 0 aliphatic rings. The molecule has 3 aromatic rings. The first-order valence-corrected chi connectivity index (χ1v) is 9.82. The van der Waals surface area contributed by atoms with Gasteiger partial charge in [0.25, 0.3) is 15.7 Å². The third-order valence-electron chi connectivity index (χ3n) is 3.94. The van der Waals surface area contributed by atoms with E-state index < -0.39 is 26.1 Å². The molecule has 0 aliphatic carbocycles. The molecule has 11 heteroatoms. The monoisotopic (exact) mass is 444 g/mol. The number of aromatic nitrogens is 1. The zero-order valence-electron chi connectivity index (χ0n) is 14.6. The molecule has 0 saturated heterocycles. The van der Waals surface area contributed by atoms with Crippen molar-refractivity contribution >= 4 is 33.0 Å². The molecule has 1 aromatic heterocycles. The highest BCUT2D eigenvalue weighted by atomic mass is 35.5. The summed E-state index contributed by atoms with van der Waals surface area (Å²) in [4.78, 5) is 11.8. The number of alkyl halides is 3. The summed E-state index contributed by atoms with van der Waals surface area (Å²) in [5.41, 5.74) is -4.53. The number of halogens is 4. The van der Waals surface area contributed by atoms with Crippen LogP contribution >= 0.6 is 11.6 Å².